The van der Waals surface area contributed by atoms with Crippen LogP contribution < -0.4 is 20.9 Å². The second-order valence-corrected chi connectivity index (χ2v) is 6.69. The molecule has 3 aromatic rings. The van der Waals surface area contributed by atoms with Crippen molar-refractivity contribution in [2.75, 3.05) is 29.6 Å². The first-order valence-electron chi connectivity index (χ1n) is 9.05. The zero-order valence-corrected chi connectivity index (χ0v) is 16.5. The number of rotatable bonds is 6. The van der Waals surface area contributed by atoms with E-state index in [9.17, 15) is 9.59 Å². The van der Waals surface area contributed by atoms with E-state index in [0.29, 0.717) is 17.9 Å². The molecular weight excluding hydrogens is 370 g/mol. The van der Waals surface area contributed by atoms with Crippen molar-refractivity contribution < 1.29 is 14.0 Å². The lowest BCUT2D eigenvalue weighted by molar-refractivity contribution is 0.0996. The molecule has 0 aliphatic carbocycles. The molecule has 0 aliphatic heterocycles. The van der Waals surface area contributed by atoms with Gasteiger partial charge in [-0.1, -0.05) is 0 Å². The number of hydrogen-bond donors (Lipinski definition) is 3. The van der Waals surface area contributed by atoms with Gasteiger partial charge < -0.3 is 25.3 Å². The second kappa shape index (κ2) is 8.92. The van der Waals surface area contributed by atoms with Gasteiger partial charge in [0.1, 0.15) is 5.82 Å². The molecule has 3 rings (SSSR count). The summed E-state index contributed by atoms with van der Waals surface area (Å²) in [5.74, 6) is 0.734. The van der Waals surface area contributed by atoms with E-state index in [1.807, 2.05) is 38.1 Å². The number of furan rings is 1. The quantitative estimate of drug-likeness (QED) is 0.594. The van der Waals surface area contributed by atoms with Gasteiger partial charge >= 0.3 is 6.03 Å². The topological polar surface area (TPSA) is 99.5 Å². The maximum Gasteiger partial charge on any atom is 0.319 e. The van der Waals surface area contributed by atoms with E-state index >= 15 is 0 Å². The van der Waals surface area contributed by atoms with Gasteiger partial charge in [0.05, 0.1) is 6.26 Å². The molecule has 3 N–H and O–H groups in total. The lowest BCUT2D eigenvalue weighted by atomic mass is 10.1. The van der Waals surface area contributed by atoms with Crippen molar-refractivity contribution in [2.45, 2.75) is 13.5 Å². The Morgan fingerprint density at radius 1 is 1.10 bits per heavy atom. The highest BCUT2D eigenvalue weighted by Gasteiger charge is 2.11. The molecule has 1 aromatic carbocycles. The van der Waals surface area contributed by atoms with E-state index in [-0.39, 0.29) is 17.7 Å². The van der Waals surface area contributed by atoms with Gasteiger partial charge in [0.2, 0.25) is 0 Å². The molecular formula is C21H23N5O3. The van der Waals surface area contributed by atoms with Gasteiger partial charge in [-0.2, -0.15) is 0 Å². The van der Waals surface area contributed by atoms with Crippen molar-refractivity contribution in [1.29, 1.82) is 0 Å². The number of aryl methyl sites for hydroxylation is 1. The molecule has 8 heteroatoms. The molecule has 0 unspecified atom stereocenters. The van der Waals surface area contributed by atoms with Gasteiger partial charge in [-0.3, -0.25) is 4.79 Å². The van der Waals surface area contributed by atoms with Crippen LogP contribution in [0.3, 0.4) is 0 Å². The van der Waals surface area contributed by atoms with Crippen LogP contribution in [0.5, 0.6) is 0 Å². The average molecular weight is 393 g/mol. The van der Waals surface area contributed by atoms with E-state index in [0.717, 1.165) is 16.9 Å². The minimum Gasteiger partial charge on any atom is -0.459 e. The number of carbonyl (C=O) groups is 2. The molecule has 0 bridgehead atoms. The lowest BCUT2D eigenvalue weighted by Gasteiger charge is -2.13. The van der Waals surface area contributed by atoms with Crippen molar-refractivity contribution in [2.24, 2.45) is 0 Å². The highest BCUT2D eigenvalue weighted by Crippen LogP contribution is 2.20. The Morgan fingerprint density at radius 2 is 1.93 bits per heavy atom. The Balaban J connectivity index is 1.56. The fraction of sp³-hybridized carbons (Fsp3) is 0.190. The molecule has 0 spiro atoms. The third-order valence-corrected chi connectivity index (χ3v) is 4.20. The SMILES string of the molecule is Cc1cc(NC(=O)NCc2ccnc(N(C)C)c2)ccc1NC(=O)c1ccco1. The highest BCUT2D eigenvalue weighted by molar-refractivity contribution is 6.02. The third kappa shape index (κ3) is 5.35. The number of anilines is 3. The number of benzene rings is 1. The van der Waals surface area contributed by atoms with E-state index in [4.69, 9.17) is 4.42 Å². The predicted molar refractivity (Wildman–Crippen MR) is 112 cm³/mol. The zero-order valence-electron chi connectivity index (χ0n) is 16.5. The molecule has 150 valence electrons. The van der Waals surface area contributed by atoms with Gasteiger partial charge in [-0.15, -0.1) is 0 Å². The third-order valence-electron chi connectivity index (χ3n) is 4.20. The number of carbonyl (C=O) groups excluding carboxylic acids is 2. The largest absolute Gasteiger partial charge is 0.459 e. The van der Waals surface area contributed by atoms with Crippen molar-refractivity contribution in [3.63, 3.8) is 0 Å². The summed E-state index contributed by atoms with van der Waals surface area (Å²) in [6.45, 7) is 2.23. The standard InChI is InChI=1S/C21H23N5O3/c1-14-11-16(6-7-17(14)25-20(27)18-5-4-10-29-18)24-21(28)23-13-15-8-9-22-19(12-15)26(2)3/h4-12H,13H2,1-3H3,(H,25,27)(H2,23,24,28). The summed E-state index contributed by atoms with van der Waals surface area (Å²) >= 11 is 0. The van der Waals surface area contributed by atoms with E-state index in [1.165, 1.54) is 6.26 Å². The first-order valence-corrected chi connectivity index (χ1v) is 9.05. The molecule has 8 nitrogen and oxygen atoms in total. The lowest BCUT2D eigenvalue weighted by Crippen LogP contribution is -2.28. The zero-order chi connectivity index (χ0) is 20.8. The summed E-state index contributed by atoms with van der Waals surface area (Å²) in [5, 5.41) is 8.39. The van der Waals surface area contributed by atoms with Crippen LogP contribution in [0.1, 0.15) is 21.7 Å². The first-order chi connectivity index (χ1) is 13.9. The van der Waals surface area contributed by atoms with Crippen LogP contribution in [0.4, 0.5) is 22.0 Å². The summed E-state index contributed by atoms with van der Waals surface area (Å²) in [7, 11) is 3.82. The summed E-state index contributed by atoms with van der Waals surface area (Å²) < 4.78 is 5.08. The first kappa shape index (κ1) is 19.9. The van der Waals surface area contributed by atoms with Crippen LogP contribution in [-0.4, -0.2) is 31.0 Å². The summed E-state index contributed by atoms with van der Waals surface area (Å²) in [5.41, 5.74) is 3.03. The number of pyridine rings is 1. The van der Waals surface area contributed by atoms with Gasteiger partial charge in [0.15, 0.2) is 5.76 Å². The summed E-state index contributed by atoms with van der Waals surface area (Å²) in [6, 6.07) is 11.9. The van der Waals surface area contributed by atoms with E-state index < -0.39 is 0 Å². The van der Waals surface area contributed by atoms with Gasteiger partial charge in [0.25, 0.3) is 5.91 Å². The van der Waals surface area contributed by atoms with Crippen LogP contribution >= 0.6 is 0 Å². The minimum atomic E-state index is -0.328. The Kier molecular flexibility index (Phi) is 6.13. The van der Waals surface area contributed by atoms with E-state index in [1.54, 1.807) is 36.5 Å². The maximum atomic E-state index is 12.2. The Hall–Kier alpha value is -3.81. The van der Waals surface area contributed by atoms with Crippen LogP contribution in [-0.2, 0) is 6.54 Å². The Labute approximate surface area is 168 Å². The number of nitrogens with one attached hydrogen (secondary N) is 3. The molecule has 29 heavy (non-hydrogen) atoms. The molecule has 0 atom stereocenters. The van der Waals surface area contributed by atoms with Gasteiger partial charge in [0, 0.05) is 38.2 Å². The van der Waals surface area contributed by atoms with Crippen LogP contribution in [0.25, 0.3) is 0 Å². The van der Waals surface area contributed by atoms with Crippen LogP contribution in [0.2, 0.25) is 0 Å². The Bertz CT molecular complexity index is 999. The smallest absolute Gasteiger partial charge is 0.319 e. The summed E-state index contributed by atoms with van der Waals surface area (Å²) in [6.07, 6.45) is 3.16. The second-order valence-electron chi connectivity index (χ2n) is 6.69. The number of aromatic nitrogens is 1. The molecule has 2 aromatic heterocycles. The highest BCUT2D eigenvalue weighted by atomic mass is 16.3. The molecule has 0 saturated heterocycles. The monoisotopic (exact) mass is 393 g/mol. The normalized spacial score (nSPS) is 10.3. The molecule has 0 saturated carbocycles. The van der Waals surface area contributed by atoms with E-state index in [2.05, 4.69) is 20.9 Å². The van der Waals surface area contributed by atoms with Crippen molar-refractivity contribution in [3.8, 4) is 0 Å². The van der Waals surface area contributed by atoms with Crippen molar-refractivity contribution >= 4 is 29.1 Å². The Morgan fingerprint density at radius 3 is 2.62 bits per heavy atom. The van der Waals surface area contributed by atoms with Gasteiger partial charge in [-0.25, -0.2) is 9.78 Å². The van der Waals surface area contributed by atoms with Gasteiger partial charge in [-0.05, 0) is 60.5 Å². The molecule has 0 fully saturated rings. The molecule has 2 heterocycles. The number of nitrogens with zero attached hydrogens (tertiary/aromatic N) is 2. The number of hydrogen-bond acceptors (Lipinski definition) is 5. The summed E-state index contributed by atoms with van der Waals surface area (Å²) in [4.78, 5) is 30.4. The molecule has 0 radical (unpaired) electrons. The van der Waals surface area contributed by atoms with Crippen molar-refractivity contribution in [3.05, 3.63) is 71.8 Å². The fourth-order valence-electron chi connectivity index (χ4n) is 2.65. The molecule has 0 aliphatic rings. The minimum absolute atomic E-state index is 0.236. The fourth-order valence-corrected chi connectivity index (χ4v) is 2.65. The maximum absolute atomic E-state index is 12.2. The predicted octanol–water partition coefficient (Wildman–Crippen LogP) is 3.62. The number of urea groups is 1. The van der Waals surface area contributed by atoms with Crippen LogP contribution in [0.15, 0.2) is 59.3 Å². The van der Waals surface area contributed by atoms with Crippen LogP contribution in [0, 0.1) is 6.92 Å². The van der Waals surface area contributed by atoms with Crippen molar-refractivity contribution in [1.82, 2.24) is 10.3 Å². The molecule has 3 amide bonds. The number of amides is 3. The average Bonchev–Trinajstić information content (AvgIpc) is 3.24.